The number of likely N-dealkylation sites (tertiary alicyclic amines) is 1. The molecule has 0 bridgehead atoms. The first kappa shape index (κ1) is 20.9. The maximum atomic E-state index is 11.4. The van der Waals surface area contributed by atoms with E-state index in [1.165, 1.54) is 46.0 Å². The summed E-state index contributed by atoms with van der Waals surface area (Å²) in [6.07, 6.45) is 9.23. The number of hydrogen-bond donors (Lipinski definition) is 2. The maximum absolute atomic E-state index is 11.4. The number of fused-ring (bicyclic) bond motifs is 3. The summed E-state index contributed by atoms with van der Waals surface area (Å²) in [5.74, 6) is -0.106. The lowest BCUT2D eigenvalue weighted by atomic mass is 9.89. The number of piperidine rings is 1. The highest BCUT2D eigenvalue weighted by Gasteiger charge is 2.39. The monoisotopic (exact) mass is 444 g/mol. The fraction of sp³-hybridized carbons (Fsp3) is 0.464. The predicted molar refractivity (Wildman–Crippen MR) is 129 cm³/mol. The van der Waals surface area contributed by atoms with E-state index < -0.39 is 5.97 Å². The van der Waals surface area contributed by atoms with Gasteiger partial charge in [-0.15, -0.1) is 0 Å². The average molecular weight is 445 g/mol. The summed E-state index contributed by atoms with van der Waals surface area (Å²) in [6, 6.07) is 12.8. The number of aromatic nitrogens is 1. The van der Waals surface area contributed by atoms with Crippen molar-refractivity contribution in [3.63, 3.8) is 0 Å². The molecule has 1 aliphatic heterocycles. The summed E-state index contributed by atoms with van der Waals surface area (Å²) in [7, 11) is 0. The molecule has 2 fully saturated rings. The van der Waals surface area contributed by atoms with Gasteiger partial charge < -0.3 is 14.8 Å². The summed E-state index contributed by atoms with van der Waals surface area (Å²) >= 11 is 0. The summed E-state index contributed by atoms with van der Waals surface area (Å²) in [4.78, 5) is 17.5. The number of carbonyl (C=O) groups is 1. The van der Waals surface area contributed by atoms with E-state index in [9.17, 15) is 9.90 Å². The van der Waals surface area contributed by atoms with Gasteiger partial charge in [-0.1, -0.05) is 18.2 Å². The van der Waals surface area contributed by atoms with Crippen LogP contribution in [0.3, 0.4) is 0 Å². The highest BCUT2D eigenvalue weighted by molar-refractivity contribution is 5.88. The highest BCUT2D eigenvalue weighted by Crippen LogP contribution is 2.47. The van der Waals surface area contributed by atoms with Crippen LogP contribution >= 0.6 is 0 Å². The molecule has 3 atom stereocenters. The molecule has 172 valence electrons. The van der Waals surface area contributed by atoms with Crippen LogP contribution in [0, 0.1) is 12.8 Å². The molecule has 1 saturated heterocycles. The number of carboxylic acid groups (broad SMARTS) is 1. The zero-order valence-corrected chi connectivity index (χ0v) is 19.2. The Kier molecular flexibility index (Phi) is 5.27. The highest BCUT2D eigenvalue weighted by atomic mass is 16.5. The molecule has 1 unspecified atom stereocenters. The number of aromatic carboxylic acids is 1. The molecule has 2 aliphatic carbocycles. The average Bonchev–Trinajstić information content (AvgIpc) is 3.35. The smallest absolute Gasteiger partial charge is 0.335 e. The molecule has 0 radical (unpaired) electrons. The first-order valence-electron chi connectivity index (χ1n) is 12.4. The second-order valence-corrected chi connectivity index (χ2v) is 10.2. The Morgan fingerprint density at radius 1 is 1.12 bits per heavy atom. The van der Waals surface area contributed by atoms with Gasteiger partial charge in [-0.25, -0.2) is 4.79 Å². The molecule has 5 nitrogen and oxygen atoms in total. The molecule has 5 heteroatoms. The van der Waals surface area contributed by atoms with Gasteiger partial charge >= 0.3 is 5.97 Å². The van der Waals surface area contributed by atoms with Crippen LogP contribution in [0.5, 0.6) is 0 Å². The Hall–Kier alpha value is -2.63. The lowest BCUT2D eigenvalue weighted by Crippen LogP contribution is -2.41. The lowest BCUT2D eigenvalue weighted by Gasteiger charge is -2.43. The topological polar surface area (TPSA) is 65.6 Å². The van der Waals surface area contributed by atoms with Crippen molar-refractivity contribution < 1.29 is 14.6 Å². The van der Waals surface area contributed by atoms with Gasteiger partial charge in [-0.3, -0.25) is 4.90 Å². The standard InChI is InChI=1S/C28H32N2O3/c1-17-14-21-8-9-24(26(21)23-10-12-29-27(17)23)30-13-11-22(33-16-18-2-3-18)15-25(30)19-4-6-20(7-5-19)28(31)32/h4-7,10,12,14,18,22,24-25,29H,2-3,8-9,11,13,15-16H2,1H3,(H,31,32)/t22-,24?,25-/m1/s1. The molecular weight excluding hydrogens is 412 g/mol. The zero-order valence-electron chi connectivity index (χ0n) is 19.2. The van der Waals surface area contributed by atoms with Gasteiger partial charge in [0, 0.05) is 42.3 Å². The summed E-state index contributed by atoms with van der Waals surface area (Å²) in [5.41, 5.74) is 7.09. The Labute approximate surface area is 194 Å². The second kappa shape index (κ2) is 8.30. The number of benzene rings is 2. The van der Waals surface area contributed by atoms with Crippen molar-refractivity contribution in [2.24, 2.45) is 5.92 Å². The van der Waals surface area contributed by atoms with Crippen molar-refractivity contribution in [2.75, 3.05) is 13.2 Å². The predicted octanol–water partition coefficient (Wildman–Crippen LogP) is 5.79. The van der Waals surface area contributed by atoms with E-state index in [0.717, 1.165) is 44.8 Å². The number of aromatic amines is 1. The Morgan fingerprint density at radius 3 is 2.70 bits per heavy atom. The van der Waals surface area contributed by atoms with Crippen molar-refractivity contribution in [3.8, 4) is 0 Å². The summed E-state index contributed by atoms with van der Waals surface area (Å²) < 4.78 is 6.35. The second-order valence-electron chi connectivity index (χ2n) is 10.2. The van der Waals surface area contributed by atoms with E-state index >= 15 is 0 Å². The fourth-order valence-corrected chi connectivity index (χ4v) is 6.08. The molecule has 2 aromatic carbocycles. The van der Waals surface area contributed by atoms with E-state index in [1.54, 1.807) is 12.1 Å². The number of carboxylic acids is 1. The summed E-state index contributed by atoms with van der Waals surface area (Å²) in [5, 5.41) is 10.7. The van der Waals surface area contributed by atoms with E-state index in [0.29, 0.717) is 11.6 Å². The number of nitrogens with one attached hydrogen (secondary N) is 1. The third kappa shape index (κ3) is 3.87. The Balaban J connectivity index is 1.34. The lowest BCUT2D eigenvalue weighted by molar-refractivity contribution is -0.0333. The molecule has 6 rings (SSSR count). The first-order chi connectivity index (χ1) is 16.1. The Morgan fingerprint density at radius 2 is 1.94 bits per heavy atom. The van der Waals surface area contributed by atoms with Crippen molar-refractivity contribution in [2.45, 2.75) is 63.6 Å². The third-order valence-corrected chi connectivity index (χ3v) is 7.99. The van der Waals surface area contributed by atoms with Crippen LogP contribution in [-0.4, -0.2) is 40.2 Å². The van der Waals surface area contributed by atoms with Gasteiger partial charge in [0.25, 0.3) is 0 Å². The Bertz CT molecular complexity index is 1180. The van der Waals surface area contributed by atoms with Crippen molar-refractivity contribution in [3.05, 3.63) is 70.4 Å². The SMILES string of the molecule is Cc1cc2c(c3cc[nH]c13)C(N1CC[C@@H](OCC3CC3)C[C@@H]1c1ccc(C(=O)O)cc1)CC2. The van der Waals surface area contributed by atoms with Crippen LogP contribution in [0.4, 0.5) is 0 Å². The first-order valence-corrected chi connectivity index (χ1v) is 12.4. The molecule has 1 aromatic heterocycles. The van der Waals surface area contributed by atoms with E-state index in [2.05, 4.69) is 35.1 Å². The quantitative estimate of drug-likeness (QED) is 0.505. The number of hydrogen-bond acceptors (Lipinski definition) is 3. The van der Waals surface area contributed by atoms with Crippen LogP contribution in [0.2, 0.25) is 0 Å². The molecule has 2 N–H and O–H groups in total. The molecule has 1 saturated carbocycles. The van der Waals surface area contributed by atoms with Crippen LogP contribution in [0.15, 0.2) is 42.6 Å². The van der Waals surface area contributed by atoms with Gasteiger partial charge in [0.1, 0.15) is 0 Å². The van der Waals surface area contributed by atoms with Crippen molar-refractivity contribution in [1.82, 2.24) is 9.88 Å². The van der Waals surface area contributed by atoms with Gasteiger partial charge in [0.15, 0.2) is 0 Å². The molecular formula is C28H32N2O3. The minimum atomic E-state index is -0.873. The zero-order chi connectivity index (χ0) is 22.5. The fourth-order valence-electron chi connectivity index (χ4n) is 6.08. The van der Waals surface area contributed by atoms with Gasteiger partial charge in [-0.2, -0.15) is 0 Å². The van der Waals surface area contributed by atoms with Crippen molar-refractivity contribution >= 4 is 16.9 Å². The normalized spacial score (nSPS) is 25.4. The minimum Gasteiger partial charge on any atom is -0.478 e. The van der Waals surface area contributed by atoms with Crippen LogP contribution in [0.1, 0.15) is 76.8 Å². The van der Waals surface area contributed by atoms with Gasteiger partial charge in [0.2, 0.25) is 0 Å². The van der Waals surface area contributed by atoms with Crippen LogP contribution < -0.4 is 0 Å². The van der Waals surface area contributed by atoms with Crippen LogP contribution in [-0.2, 0) is 11.2 Å². The molecule has 3 aromatic rings. The largest absolute Gasteiger partial charge is 0.478 e. The summed E-state index contributed by atoms with van der Waals surface area (Å²) in [6.45, 7) is 4.09. The van der Waals surface area contributed by atoms with Crippen molar-refractivity contribution in [1.29, 1.82) is 0 Å². The molecule has 3 aliphatic rings. The molecule has 0 amide bonds. The van der Waals surface area contributed by atoms with E-state index in [4.69, 9.17) is 4.74 Å². The van der Waals surface area contributed by atoms with Gasteiger partial charge in [-0.05, 0) is 91.8 Å². The van der Waals surface area contributed by atoms with Gasteiger partial charge in [0.05, 0.1) is 11.7 Å². The van der Waals surface area contributed by atoms with E-state index in [-0.39, 0.29) is 12.1 Å². The minimum absolute atomic E-state index is 0.233. The van der Waals surface area contributed by atoms with E-state index in [1.807, 2.05) is 12.1 Å². The molecule has 2 heterocycles. The van der Waals surface area contributed by atoms with Crippen LogP contribution in [0.25, 0.3) is 10.9 Å². The number of nitrogens with zero attached hydrogens (tertiary/aromatic N) is 1. The number of H-pyrrole nitrogens is 1. The number of rotatable bonds is 6. The number of aryl methyl sites for hydroxylation is 2. The number of ether oxygens (including phenoxy) is 1. The maximum Gasteiger partial charge on any atom is 0.335 e. The molecule has 0 spiro atoms. The third-order valence-electron chi connectivity index (χ3n) is 7.99. The molecule has 33 heavy (non-hydrogen) atoms.